The molecule has 0 radical (unpaired) electrons. The molecule has 1 aromatic heterocycles. The topological polar surface area (TPSA) is 79.5 Å². The lowest BCUT2D eigenvalue weighted by molar-refractivity contribution is 0.0691. The van der Waals surface area contributed by atoms with E-state index in [0.717, 1.165) is 4.57 Å². The highest BCUT2D eigenvalue weighted by molar-refractivity contribution is 6.37. The number of rotatable bonds is 1. The van der Waals surface area contributed by atoms with Crippen LogP contribution in [0.4, 0.5) is 0 Å². The van der Waals surface area contributed by atoms with E-state index in [9.17, 15) is 14.7 Å². The summed E-state index contributed by atoms with van der Waals surface area (Å²) < 4.78 is 1.16. The number of carbonyl (C=O) groups is 1. The Balaban J connectivity index is 3.15. The second-order valence-corrected chi connectivity index (χ2v) is 4.36. The van der Waals surface area contributed by atoms with Crippen molar-refractivity contribution in [2.75, 3.05) is 0 Å². The van der Waals surface area contributed by atoms with Crippen molar-refractivity contribution < 1.29 is 15.0 Å². The number of hydrogen-bond acceptors (Lipinski definition) is 3. The number of benzene rings is 1. The van der Waals surface area contributed by atoms with Crippen LogP contribution in [0.3, 0.4) is 0 Å². The smallest absolute Gasteiger partial charge is 0.345 e. The van der Waals surface area contributed by atoms with E-state index >= 15 is 0 Å². The number of carboxylic acids is 1. The third-order valence-electron chi connectivity index (χ3n) is 2.88. The number of pyridine rings is 1. The van der Waals surface area contributed by atoms with E-state index in [4.69, 9.17) is 16.7 Å². The van der Waals surface area contributed by atoms with Crippen LogP contribution in [0.5, 0.6) is 5.75 Å². The quantitative estimate of drug-likeness (QED) is 0.827. The first-order valence-electron chi connectivity index (χ1n) is 5.10. The van der Waals surface area contributed by atoms with Gasteiger partial charge in [-0.2, -0.15) is 0 Å². The lowest BCUT2D eigenvalue weighted by Gasteiger charge is -2.12. The van der Waals surface area contributed by atoms with E-state index in [1.807, 2.05) is 0 Å². The number of aryl methyl sites for hydroxylation is 2. The summed E-state index contributed by atoms with van der Waals surface area (Å²) in [4.78, 5) is 22.8. The van der Waals surface area contributed by atoms with Gasteiger partial charge < -0.3 is 14.8 Å². The van der Waals surface area contributed by atoms with E-state index in [-0.39, 0.29) is 10.4 Å². The molecular formula is C12H10ClNO4. The van der Waals surface area contributed by atoms with E-state index in [0.29, 0.717) is 11.1 Å². The van der Waals surface area contributed by atoms with Gasteiger partial charge in [0, 0.05) is 7.05 Å². The summed E-state index contributed by atoms with van der Waals surface area (Å²) >= 11 is 6.06. The number of aromatic nitrogens is 1. The van der Waals surface area contributed by atoms with Crippen LogP contribution >= 0.6 is 11.6 Å². The van der Waals surface area contributed by atoms with Crippen LogP contribution in [0.25, 0.3) is 10.9 Å². The van der Waals surface area contributed by atoms with Crippen molar-refractivity contribution in [3.05, 3.63) is 38.6 Å². The Labute approximate surface area is 107 Å². The normalized spacial score (nSPS) is 10.8. The second kappa shape index (κ2) is 4.03. The first-order chi connectivity index (χ1) is 8.36. The summed E-state index contributed by atoms with van der Waals surface area (Å²) in [5.74, 6) is -2.07. The first kappa shape index (κ1) is 12.4. The summed E-state index contributed by atoms with van der Waals surface area (Å²) in [6, 6.07) is 3.31. The molecule has 2 N–H and O–H groups in total. The number of carboxylic acid groups (broad SMARTS) is 1. The van der Waals surface area contributed by atoms with Gasteiger partial charge in [0.1, 0.15) is 5.75 Å². The van der Waals surface area contributed by atoms with Crippen LogP contribution < -0.4 is 5.56 Å². The number of nitrogens with zero attached hydrogens (tertiary/aromatic N) is 1. The molecule has 1 heterocycles. The molecule has 0 fully saturated rings. The van der Waals surface area contributed by atoms with Crippen LogP contribution in [-0.4, -0.2) is 20.7 Å². The maximum atomic E-state index is 11.8. The van der Waals surface area contributed by atoms with Crippen molar-refractivity contribution in [1.29, 1.82) is 0 Å². The van der Waals surface area contributed by atoms with Crippen molar-refractivity contribution in [3.8, 4) is 5.75 Å². The standard InChI is InChI=1S/C12H10ClNO4/c1-5-3-4-6-7(9(5)13)10(15)8(12(17)18)11(16)14(6)2/h3-4,15H,1-2H3,(H,17,18). The molecule has 0 saturated carbocycles. The Morgan fingerprint density at radius 1 is 1.39 bits per heavy atom. The molecule has 0 saturated heterocycles. The summed E-state index contributed by atoms with van der Waals surface area (Å²) in [6.45, 7) is 1.73. The van der Waals surface area contributed by atoms with Gasteiger partial charge in [-0.25, -0.2) is 4.79 Å². The number of aromatic carboxylic acids is 1. The molecular weight excluding hydrogens is 258 g/mol. The molecule has 2 aromatic rings. The lowest BCUT2D eigenvalue weighted by Crippen LogP contribution is -2.24. The number of hydrogen-bond donors (Lipinski definition) is 2. The molecule has 0 atom stereocenters. The maximum Gasteiger partial charge on any atom is 0.345 e. The molecule has 0 amide bonds. The largest absolute Gasteiger partial charge is 0.506 e. The van der Waals surface area contributed by atoms with E-state index in [1.54, 1.807) is 19.1 Å². The van der Waals surface area contributed by atoms with Crippen LogP contribution in [0.15, 0.2) is 16.9 Å². The molecule has 6 heteroatoms. The van der Waals surface area contributed by atoms with Gasteiger partial charge in [0.2, 0.25) is 0 Å². The van der Waals surface area contributed by atoms with Crippen molar-refractivity contribution >= 4 is 28.5 Å². The highest BCUT2D eigenvalue weighted by Crippen LogP contribution is 2.34. The monoisotopic (exact) mass is 267 g/mol. The highest BCUT2D eigenvalue weighted by Gasteiger charge is 2.22. The Hall–Kier alpha value is -2.01. The van der Waals surface area contributed by atoms with Crippen LogP contribution in [0, 0.1) is 6.92 Å². The van der Waals surface area contributed by atoms with Gasteiger partial charge in [0.15, 0.2) is 5.56 Å². The predicted molar refractivity (Wildman–Crippen MR) is 67.6 cm³/mol. The Morgan fingerprint density at radius 2 is 2.00 bits per heavy atom. The minimum Gasteiger partial charge on any atom is -0.506 e. The molecule has 2 rings (SSSR count). The molecule has 0 spiro atoms. The minimum absolute atomic E-state index is 0.177. The van der Waals surface area contributed by atoms with Crippen LogP contribution in [-0.2, 0) is 7.05 Å². The number of aromatic hydroxyl groups is 1. The molecule has 0 aliphatic rings. The van der Waals surface area contributed by atoms with Crippen molar-refractivity contribution in [2.24, 2.45) is 7.05 Å². The summed E-state index contributed by atoms with van der Waals surface area (Å²) in [6.07, 6.45) is 0. The zero-order chi connectivity index (χ0) is 13.6. The average molecular weight is 268 g/mol. The van der Waals surface area contributed by atoms with Gasteiger partial charge in [-0.3, -0.25) is 4.79 Å². The summed E-state index contributed by atoms with van der Waals surface area (Å²) in [7, 11) is 1.43. The molecule has 94 valence electrons. The SMILES string of the molecule is Cc1ccc2c(c(O)c(C(=O)O)c(=O)n2C)c1Cl. The third kappa shape index (κ3) is 1.55. The van der Waals surface area contributed by atoms with Gasteiger partial charge >= 0.3 is 5.97 Å². The molecule has 0 aliphatic carbocycles. The highest BCUT2D eigenvalue weighted by atomic mass is 35.5. The van der Waals surface area contributed by atoms with Crippen molar-refractivity contribution in [3.63, 3.8) is 0 Å². The zero-order valence-corrected chi connectivity index (χ0v) is 10.4. The van der Waals surface area contributed by atoms with Crippen LogP contribution in [0.2, 0.25) is 5.02 Å². The zero-order valence-electron chi connectivity index (χ0n) is 9.69. The second-order valence-electron chi connectivity index (χ2n) is 3.98. The Kier molecular flexibility index (Phi) is 2.78. The van der Waals surface area contributed by atoms with Gasteiger partial charge in [0.05, 0.1) is 15.9 Å². The molecule has 0 bridgehead atoms. The van der Waals surface area contributed by atoms with Gasteiger partial charge in [-0.1, -0.05) is 17.7 Å². The lowest BCUT2D eigenvalue weighted by atomic mass is 10.1. The predicted octanol–water partition coefficient (Wildman–Crippen LogP) is 1.90. The summed E-state index contributed by atoms with van der Waals surface area (Å²) in [5.41, 5.74) is -0.363. The average Bonchev–Trinajstić information content (AvgIpc) is 2.29. The fraction of sp³-hybridized carbons (Fsp3) is 0.167. The molecule has 5 nitrogen and oxygen atoms in total. The van der Waals surface area contributed by atoms with Crippen molar-refractivity contribution in [1.82, 2.24) is 4.57 Å². The minimum atomic E-state index is -1.48. The van der Waals surface area contributed by atoms with E-state index in [1.165, 1.54) is 7.05 Å². The molecule has 18 heavy (non-hydrogen) atoms. The Bertz CT molecular complexity index is 733. The third-order valence-corrected chi connectivity index (χ3v) is 3.37. The maximum absolute atomic E-state index is 11.8. The van der Waals surface area contributed by atoms with Gasteiger partial charge in [-0.15, -0.1) is 0 Å². The fourth-order valence-corrected chi connectivity index (χ4v) is 2.12. The first-order valence-corrected chi connectivity index (χ1v) is 5.48. The summed E-state index contributed by atoms with van der Waals surface area (Å²) in [5, 5.41) is 19.3. The Morgan fingerprint density at radius 3 is 2.56 bits per heavy atom. The fourth-order valence-electron chi connectivity index (χ4n) is 1.87. The van der Waals surface area contributed by atoms with Crippen LogP contribution in [0.1, 0.15) is 15.9 Å². The van der Waals surface area contributed by atoms with Crippen molar-refractivity contribution in [2.45, 2.75) is 6.92 Å². The number of fused-ring (bicyclic) bond motifs is 1. The number of halogens is 1. The van der Waals surface area contributed by atoms with E-state index in [2.05, 4.69) is 0 Å². The molecule has 0 aliphatic heterocycles. The molecule has 0 unspecified atom stereocenters. The van der Waals surface area contributed by atoms with Gasteiger partial charge in [0.25, 0.3) is 5.56 Å². The molecule has 1 aromatic carbocycles. The van der Waals surface area contributed by atoms with Gasteiger partial charge in [-0.05, 0) is 18.6 Å². The van der Waals surface area contributed by atoms with E-state index < -0.39 is 22.8 Å².